The van der Waals surface area contributed by atoms with Crippen LogP contribution in [0.15, 0.2) is 48.8 Å². The molecule has 0 saturated heterocycles. The van der Waals surface area contributed by atoms with Crippen molar-refractivity contribution >= 4 is 11.6 Å². The van der Waals surface area contributed by atoms with Gasteiger partial charge in [-0.3, -0.25) is 9.78 Å². The first-order valence-electron chi connectivity index (χ1n) is 8.60. The zero-order chi connectivity index (χ0) is 17.7. The van der Waals surface area contributed by atoms with Crippen LogP contribution in [0.3, 0.4) is 0 Å². The highest BCUT2D eigenvalue weighted by molar-refractivity contribution is 5.93. The summed E-state index contributed by atoms with van der Waals surface area (Å²) in [6, 6.07) is 12.5. The van der Waals surface area contributed by atoms with Crippen molar-refractivity contribution < 1.29 is 4.79 Å². The number of pyridine rings is 1. The SMILES string of the molecule is CC(C)N(C(=O)CCc1ccc(C(C)(C)C)cc1)c1cccnc1. The number of aromatic nitrogens is 1. The van der Waals surface area contributed by atoms with Crippen molar-refractivity contribution in [2.24, 2.45) is 0 Å². The number of carbonyl (C=O) groups is 1. The molecule has 0 aliphatic rings. The lowest BCUT2D eigenvalue weighted by Gasteiger charge is -2.26. The van der Waals surface area contributed by atoms with Crippen molar-refractivity contribution in [3.05, 3.63) is 59.9 Å². The van der Waals surface area contributed by atoms with Gasteiger partial charge in [-0.1, -0.05) is 45.0 Å². The maximum atomic E-state index is 12.7. The van der Waals surface area contributed by atoms with E-state index in [4.69, 9.17) is 0 Å². The Morgan fingerprint density at radius 1 is 1.12 bits per heavy atom. The number of nitrogens with zero attached hydrogens (tertiary/aromatic N) is 2. The van der Waals surface area contributed by atoms with E-state index in [1.807, 2.05) is 30.9 Å². The summed E-state index contributed by atoms with van der Waals surface area (Å²) in [5.41, 5.74) is 3.53. The second-order valence-corrected chi connectivity index (χ2v) is 7.52. The molecule has 0 radical (unpaired) electrons. The Kier molecular flexibility index (Phi) is 5.76. The summed E-state index contributed by atoms with van der Waals surface area (Å²) in [6.45, 7) is 10.7. The first-order valence-corrected chi connectivity index (χ1v) is 8.60. The molecule has 2 aromatic rings. The number of aryl methyl sites for hydroxylation is 1. The lowest BCUT2D eigenvalue weighted by atomic mass is 9.86. The number of amides is 1. The van der Waals surface area contributed by atoms with Gasteiger partial charge in [-0.05, 0) is 48.9 Å². The van der Waals surface area contributed by atoms with E-state index in [9.17, 15) is 4.79 Å². The van der Waals surface area contributed by atoms with E-state index in [1.165, 1.54) is 11.1 Å². The first kappa shape index (κ1) is 18.2. The Morgan fingerprint density at radius 3 is 2.29 bits per heavy atom. The van der Waals surface area contributed by atoms with Crippen LogP contribution in [0.4, 0.5) is 5.69 Å². The molecular formula is C21H28N2O. The first-order chi connectivity index (χ1) is 11.3. The lowest BCUT2D eigenvalue weighted by Crippen LogP contribution is -2.37. The van der Waals surface area contributed by atoms with Gasteiger partial charge in [0.2, 0.25) is 5.91 Å². The Morgan fingerprint density at radius 2 is 1.79 bits per heavy atom. The Hall–Kier alpha value is -2.16. The number of benzene rings is 1. The Labute approximate surface area is 145 Å². The average Bonchev–Trinajstić information content (AvgIpc) is 2.53. The van der Waals surface area contributed by atoms with Crippen LogP contribution in [0.2, 0.25) is 0 Å². The van der Waals surface area contributed by atoms with Gasteiger partial charge in [0, 0.05) is 18.7 Å². The molecule has 0 unspecified atom stereocenters. The summed E-state index contributed by atoms with van der Waals surface area (Å²) in [7, 11) is 0. The lowest BCUT2D eigenvalue weighted by molar-refractivity contribution is -0.118. The highest BCUT2D eigenvalue weighted by atomic mass is 16.2. The van der Waals surface area contributed by atoms with Gasteiger partial charge in [0.25, 0.3) is 0 Å². The minimum Gasteiger partial charge on any atom is -0.308 e. The highest BCUT2D eigenvalue weighted by Gasteiger charge is 2.19. The molecule has 0 bridgehead atoms. The van der Waals surface area contributed by atoms with E-state index >= 15 is 0 Å². The van der Waals surface area contributed by atoms with Crippen LogP contribution in [0.25, 0.3) is 0 Å². The molecule has 128 valence electrons. The number of carbonyl (C=O) groups excluding carboxylic acids is 1. The molecule has 0 aliphatic heterocycles. The van der Waals surface area contributed by atoms with Crippen LogP contribution in [-0.4, -0.2) is 16.9 Å². The van der Waals surface area contributed by atoms with Crippen molar-refractivity contribution in [1.82, 2.24) is 4.98 Å². The fraction of sp³-hybridized carbons (Fsp3) is 0.429. The minimum absolute atomic E-state index is 0.116. The maximum absolute atomic E-state index is 12.7. The topological polar surface area (TPSA) is 33.2 Å². The van der Waals surface area contributed by atoms with E-state index in [-0.39, 0.29) is 17.4 Å². The zero-order valence-corrected chi connectivity index (χ0v) is 15.4. The maximum Gasteiger partial charge on any atom is 0.227 e. The summed E-state index contributed by atoms with van der Waals surface area (Å²) in [5.74, 6) is 0.137. The van der Waals surface area contributed by atoms with Crippen molar-refractivity contribution in [3.63, 3.8) is 0 Å². The molecule has 0 N–H and O–H groups in total. The normalized spacial score (nSPS) is 11.6. The van der Waals surface area contributed by atoms with Gasteiger partial charge in [-0.25, -0.2) is 0 Å². The predicted octanol–water partition coefficient (Wildman–Crippen LogP) is 4.75. The summed E-state index contributed by atoms with van der Waals surface area (Å²) >= 11 is 0. The van der Waals surface area contributed by atoms with Gasteiger partial charge < -0.3 is 4.90 Å². The average molecular weight is 324 g/mol. The molecule has 1 aromatic carbocycles. The summed E-state index contributed by atoms with van der Waals surface area (Å²) in [5, 5.41) is 0. The molecule has 1 amide bonds. The predicted molar refractivity (Wildman–Crippen MR) is 100 cm³/mol. The molecule has 0 aliphatic carbocycles. The van der Waals surface area contributed by atoms with Crippen LogP contribution < -0.4 is 4.90 Å². The molecule has 1 heterocycles. The molecule has 2 rings (SSSR count). The molecule has 3 heteroatoms. The van der Waals surface area contributed by atoms with Gasteiger partial charge >= 0.3 is 0 Å². The fourth-order valence-corrected chi connectivity index (χ4v) is 2.77. The molecule has 0 atom stereocenters. The van der Waals surface area contributed by atoms with Crippen LogP contribution in [0, 0.1) is 0 Å². The van der Waals surface area contributed by atoms with Crippen LogP contribution in [0.1, 0.15) is 52.2 Å². The van der Waals surface area contributed by atoms with Crippen molar-refractivity contribution in [2.45, 2.75) is 58.9 Å². The second-order valence-electron chi connectivity index (χ2n) is 7.52. The molecule has 1 aromatic heterocycles. The summed E-state index contributed by atoms with van der Waals surface area (Å²) in [6.07, 6.45) is 4.73. The molecular weight excluding hydrogens is 296 g/mol. The third-order valence-electron chi connectivity index (χ3n) is 4.16. The van der Waals surface area contributed by atoms with Crippen LogP contribution >= 0.6 is 0 Å². The monoisotopic (exact) mass is 324 g/mol. The molecule has 0 saturated carbocycles. The van der Waals surface area contributed by atoms with Crippen LogP contribution in [-0.2, 0) is 16.6 Å². The highest BCUT2D eigenvalue weighted by Crippen LogP contribution is 2.23. The standard InChI is InChI=1S/C21H28N2O/c1-16(2)23(19-7-6-14-22-15-19)20(24)13-10-17-8-11-18(12-9-17)21(3,4)5/h6-9,11-12,14-16H,10,13H2,1-5H3. The number of hydrogen-bond acceptors (Lipinski definition) is 2. The van der Waals surface area contributed by atoms with Crippen molar-refractivity contribution in [3.8, 4) is 0 Å². The Balaban J connectivity index is 2.03. The molecule has 0 fully saturated rings. The molecule has 24 heavy (non-hydrogen) atoms. The van der Waals surface area contributed by atoms with Gasteiger partial charge in [0.15, 0.2) is 0 Å². The van der Waals surface area contributed by atoms with Gasteiger partial charge in [-0.15, -0.1) is 0 Å². The zero-order valence-electron chi connectivity index (χ0n) is 15.4. The quantitative estimate of drug-likeness (QED) is 0.795. The van der Waals surface area contributed by atoms with Crippen LogP contribution in [0.5, 0.6) is 0 Å². The van der Waals surface area contributed by atoms with Crippen molar-refractivity contribution in [1.29, 1.82) is 0 Å². The summed E-state index contributed by atoms with van der Waals surface area (Å²) < 4.78 is 0. The Bertz CT molecular complexity index is 654. The van der Waals surface area contributed by atoms with Gasteiger partial charge in [0.05, 0.1) is 11.9 Å². The minimum atomic E-state index is 0.116. The van der Waals surface area contributed by atoms with Crippen molar-refractivity contribution in [2.75, 3.05) is 4.90 Å². The largest absolute Gasteiger partial charge is 0.308 e. The van der Waals surface area contributed by atoms with E-state index < -0.39 is 0 Å². The molecule has 3 nitrogen and oxygen atoms in total. The number of anilines is 1. The van der Waals surface area contributed by atoms with E-state index in [0.29, 0.717) is 6.42 Å². The van der Waals surface area contributed by atoms with E-state index in [1.54, 1.807) is 12.4 Å². The molecule has 0 spiro atoms. The van der Waals surface area contributed by atoms with Gasteiger partial charge in [-0.2, -0.15) is 0 Å². The van der Waals surface area contributed by atoms with Gasteiger partial charge in [0.1, 0.15) is 0 Å². The number of rotatable bonds is 5. The van der Waals surface area contributed by atoms with E-state index in [0.717, 1.165) is 12.1 Å². The summed E-state index contributed by atoms with van der Waals surface area (Å²) in [4.78, 5) is 18.6. The third-order valence-corrected chi connectivity index (χ3v) is 4.16. The third kappa shape index (κ3) is 4.67. The second kappa shape index (κ2) is 7.61. The fourth-order valence-electron chi connectivity index (χ4n) is 2.77. The number of hydrogen-bond donors (Lipinski definition) is 0. The van der Waals surface area contributed by atoms with E-state index in [2.05, 4.69) is 50.0 Å². The smallest absolute Gasteiger partial charge is 0.227 e.